The van der Waals surface area contributed by atoms with E-state index < -0.39 is 0 Å². The van der Waals surface area contributed by atoms with E-state index in [0.717, 1.165) is 29.7 Å². The van der Waals surface area contributed by atoms with Gasteiger partial charge in [-0.2, -0.15) is 0 Å². The molecule has 0 saturated heterocycles. The molecule has 0 radical (unpaired) electrons. The van der Waals surface area contributed by atoms with Crippen molar-refractivity contribution in [2.24, 2.45) is 5.92 Å². The largest absolute Gasteiger partial charge is 0.294 e. The van der Waals surface area contributed by atoms with Gasteiger partial charge in [-0.15, -0.1) is 0 Å². The number of carbonyl (C=O) groups is 1. The van der Waals surface area contributed by atoms with Crippen LogP contribution in [0.2, 0.25) is 0 Å². The molecule has 1 aliphatic rings. The number of nitrogens with zero attached hydrogens (tertiary/aromatic N) is 1. The lowest BCUT2D eigenvalue weighted by Crippen LogP contribution is -2.03. The van der Waals surface area contributed by atoms with Crippen LogP contribution in [-0.2, 0) is 0 Å². The van der Waals surface area contributed by atoms with Crippen molar-refractivity contribution in [2.45, 2.75) is 12.8 Å². The van der Waals surface area contributed by atoms with Crippen molar-refractivity contribution < 1.29 is 4.79 Å². The van der Waals surface area contributed by atoms with Gasteiger partial charge in [0, 0.05) is 23.2 Å². The fourth-order valence-electron chi connectivity index (χ4n) is 2.01. The van der Waals surface area contributed by atoms with Crippen molar-refractivity contribution in [1.29, 1.82) is 0 Å². The molecule has 1 saturated carbocycles. The Hall–Kier alpha value is -1.96. The van der Waals surface area contributed by atoms with Crippen LogP contribution in [0.1, 0.15) is 23.2 Å². The predicted octanol–water partition coefficient (Wildman–Crippen LogP) is 3.34. The Bertz CT molecular complexity index is 544. The molecule has 1 fully saturated rings. The van der Waals surface area contributed by atoms with Crippen molar-refractivity contribution >= 4 is 5.78 Å². The van der Waals surface area contributed by atoms with Crippen LogP contribution in [0, 0.1) is 5.92 Å². The predicted molar refractivity (Wildman–Crippen MR) is 66.7 cm³/mol. The number of hydrogen-bond acceptors (Lipinski definition) is 2. The van der Waals surface area contributed by atoms with Gasteiger partial charge in [-0.1, -0.05) is 30.3 Å². The number of benzene rings is 1. The second-order valence-corrected chi connectivity index (χ2v) is 4.40. The van der Waals surface area contributed by atoms with E-state index >= 15 is 0 Å². The molecule has 1 heterocycles. The fraction of sp³-hybridized carbons (Fsp3) is 0.200. The van der Waals surface area contributed by atoms with Gasteiger partial charge in [-0.3, -0.25) is 9.78 Å². The van der Waals surface area contributed by atoms with Gasteiger partial charge in [-0.25, -0.2) is 0 Å². The van der Waals surface area contributed by atoms with Crippen LogP contribution < -0.4 is 0 Å². The van der Waals surface area contributed by atoms with Crippen molar-refractivity contribution in [1.82, 2.24) is 4.98 Å². The summed E-state index contributed by atoms with van der Waals surface area (Å²) in [6.07, 6.45) is 3.83. The number of rotatable bonds is 3. The van der Waals surface area contributed by atoms with Crippen molar-refractivity contribution in [2.75, 3.05) is 0 Å². The minimum atomic E-state index is 0.250. The third-order valence-electron chi connectivity index (χ3n) is 3.08. The maximum absolute atomic E-state index is 12.2. The van der Waals surface area contributed by atoms with Gasteiger partial charge in [0.1, 0.15) is 0 Å². The lowest BCUT2D eigenvalue weighted by atomic mass is 9.98. The summed E-state index contributed by atoms with van der Waals surface area (Å²) >= 11 is 0. The zero-order valence-electron chi connectivity index (χ0n) is 9.47. The van der Waals surface area contributed by atoms with Gasteiger partial charge in [0.05, 0.1) is 5.69 Å². The number of aromatic nitrogens is 1. The molecular formula is C15H13NO. The topological polar surface area (TPSA) is 30.0 Å². The highest BCUT2D eigenvalue weighted by Gasteiger charge is 2.31. The number of carbonyl (C=O) groups excluding carboxylic acids is 1. The first-order valence-electron chi connectivity index (χ1n) is 5.91. The summed E-state index contributed by atoms with van der Waals surface area (Å²) in [4.78, 5) is 16.5. The maximum Gasteiger partial charge on any atom is 0.166 e. The molecule has 0 bridgehead atoms. The highest BCUT2D eigenvalue weighted by atomic mass is 16.1. The standard InChI is InChI=1S/C15H13NO/c17-15(11-8-9-11)13-6-2-1-5-12(13)14-7-3-4-10-16-14/h1-7,10-11H,8-9H2. The highest BCUT2D eigenvalue weighted by Crippen LogP contribution is 2.35. The zero-order valence-corrected chi connectivity index (χ0v) is 9.47. The first-order valence-corrected chi connectivity index (χ1v) is 5.91. The number of Topliss-reactive ketones (excluding diaryl/α,β-unsaturated/α-hetero) is 1. The third-order valence-corrected chi connectivity index (χ3v) is 3.08. The summed E-state index contributed by atoms with van der Waals surface area (Å²) < 4.78 is 0. The fourth-order valence-corrected chi connectivity index (χ4v) is 2.01. The Kier molecular flexibility index (Phi) is 2.48. The van der Waals surface area contributed by atoms with E-state index in [-0.39, 0.29) is 11.7 Å². The molecule has 2 nitrogen and oxygen atoms in total. The van der Waals surface area contributed by atoms with Gasteiger partial charge in [0.25, 0.3) is 0 Å². The summed E-state index contributed by atoms with van der Waals surface area (Å²) in [5.41, 5.74) is 2.64. The van der Waals surface area contributed by atoms with Crippen LogP contribution in [0.25, 0.3) is 11.3 Å². The van der Waals surface area contributed by atoms with E-state index in [1.54, 1.807) is 6.20 Å². The van der Waals surface area contributed by atoms with Crippen LogP contribution >= 0.6 is 0 Å². The molecule has 2 aromatic rings. The van der Waals surface area contributed by atoms with Crippen molar-refractivity contribution in [3.8, 4) is 11.3 Å². The van der Waals surface area contributed by atoms with Crippen LogP contribution in [0.3, 0.4) is 0 Å². The molecule has 0 aliphatic heterocycles. The lowest BCUT2D eigenvalue weighted by Gasteiger charge is -2.07. The van der Waals surface area contributed by atoms with E-state index in [4.69, 9.17) is 0 Å². The van der Waals surface area contributed by atoms with Crippen LogP contribution in [-0.4, -0.2) is 10.8 Å². The van der Waals surface area contributed by atoms with E-state index in [9.17, 15) is 4.79 Å². The molecule has 0 unspecified atom stereocenters. The first kappa shape index (κ1) is 10.2. The average Bonchev–Trinajstić information content (AvgIpc) is 3.23. The normalized spacial score (nSPS) is 14.6. The molecule has 0 spiro atoms. The maximum atomic E-state index is 12.2. The minimum absolute atomic E-state index is 0.250. The number of hydrogen-bond donors (Lipinski definition) is 0. The second kappa shape index (κ2) is 4.13. The van der Waals surface area contributed by atoms with E-state index in [2.05, 4.69) is 4.98 Å². The molecule has 1 aromatic carbocycles. The highest BCUT2D eigenvalue weighted by molar-refractivity contribution is 6.04. The molecular weight excluding hydrogens is 210 g/mol. The number of pyridine rings is 1. The zero-order chi connectivity index (χ0) is 11.7. The summed E-state index contributed by atoms with van der Waals surface area (Å²) in [5, 5.41) is 0. The quantitative estimate of drug-likeness (QED) is 0.747. The average molecular weight is 223 g/mol. The Morgan fingerprint density at radius 3 is 2.53 bits per heavy atom. The summed E-state index contributed by atoms with van der Waals surface area (Å²) in [7, 11) is 0. The molecule has 84 valence electrons. The van der Waals surface area contributed by atoms with E-state index in [1.807, 2.05) is 42.5 Å². The van der Waals surface area contributed by atoms with Gasteiger partial charge in [-0.05, 0) is 25.0 Å². The minimum Gasteiger partial charge on any atom is -0.294 e. The van der Waals surface area contributed by atoms with Crippen LogP contribution in [0.5, 0.6) is 0 Å². The van der Waals surface area contributed by atoms with E-state index in [1.165, 1.54) is 0 Å². The molecule has 0 N–H and O–H groups in total. The molecule has 1 aliphatic carbocycles. The van der Waals surface area contributed by atoms with Crippen LogP contribution in [0.4, 0.5) is 0 Å². The summed E-state index contributed by atoms with van der Waals surface area (Å²) in [5.74, 6) is 0.520. The Morgan fingerprint density at radius 2 is 1.82 bits per heavy atom. The van der Waals surface area contributed by atoms with Gasteiger partial charge in [0.15, 0.2) is 5.78 Å². The molecule has 1 aromatic heterocycles. The Labute approximate surface area is 100 Å². The second-order valence-electron chi connectivity index (χ2n) is 4.40. The molecule has 3 rings (SSSR count). The smallest absolute Gasteiger partial charge is 0.166 e. The van der Waals surface area contributed by atoms with Crippen LogP contribution in [0.15, 0.2) is 48.7 Å². The Balaban J connectivity index is 2.07. The Morgan fingerprint density at radius 1 is 1.06 bits per heavy atom. The van der Waals surface area contributed by atoms with Gasteiger partial charge in [0.2, 0.25) is 0 Å². The van der Waals surface area contributed by atoms with Gasteiger partial charge >= 0.3 is 0 Å². The molecule has 0 amide bonds. The third kappa shape index (κ3) is 1.98. The molecule has 2 heteroatoms. The summed E-state index contributed by atoms with van der Waals surface area (Å²) in [6.45, 7) is 0. The number of ketones is 1. The van der Waals surface area contributed by atoms with Gasteiger partial charge < -0.3 is 0 Å². The summed E-state index contributed by atoms with van der Waals surface area (Å²) in [6, 6.07) is 13.5. The lowest BCUT2D eigenvalue weighted by molar-refractivity contribution is 0.0968. The first-order chi connectivity index (χ1) is 8.36. The van der Waals surface area contributed by atoms with Crippen molar-refractivity contribution in [3.63, 3.8) is 0 Å². The monoisotopic (exact) mass is 223 g/mol. The van der Waals surface area contributed by atoms with E-state index in [0.29, 0.717) is 0 Å². The van der Waals surface area contributed by atoms with Crippen molar-refractivity contribution in [3.05, 3.63) is 54.2 Å². The SMILES string of the molecule is O=C(c1ccccc1-c1ccccn1)C1CC1. The molecule has 17 heavy (non-hydrogen) atoms. The molecule has 0 atom stereocenters.